The lowest BCUT2D eigenvalue weighted by Crippen LogP contribution is -2.33. The Labute approximate surface area is 121 Å². The van der Waals surface area contributed by atoms with E-state index in [0.717, 1.165) is 11.5 Å². The molecule has 21 heavy (non-hydrogen) atoms. The first-order valence-electron chi connectivity index (χ1n) is 6.70. The minimum Gasteiger partial charge on any atom is -0.486 e. The molecule has 2 aromatic rings. The van der Waals surface area contributed by atoms with E-state index in [1.165, 1.54) is 0 Å². The Morgan fingerprint density at radius 2 is 2.19 bits per heavy atom. The van der Waals surface area contributed by atoms with Gasteiger partial charge in [0.1, 0.15) is 6.61 Å². The number of aromatic nitrogens is 3. The van der Waals surface area contributed by atoms with Crippen LogP contribution in [0.15, 0.2) is 30.5 Å². The molecule has 0 amide bonds. The van der Waals surface area contributed by atoms with Crippen LogP contribution in [0.2, 0.25) is 0 Å². The smallest absolute Gasteiger partial charge is 0.303 e. The number of aryl methyl sites for hydroxylation is 1. The molecule has 1 atom stereocenters. The minimum absolute atomic E-state index is 0.0507. The maximum atomic E-state index is 10.5. The van der Waals surface area contributed by atoms with Crippen LogP contribution in [0.4, 0.5) is 0 Å². The molecule has 0 saturated heterocycles. The standard InChI is InChI=1S/C14H15N3O4/c18-14(19)6-5-10-7-17(16-15-10)8-11-9-20-12-3-1-2-4-13(12)21-11/h1-4,7,11H,5-6,8-9H2,(H,18,19). The second-order valence-corrected chi connectivity index (χ2v) is 4.82. The van der Waals surface area contributed by atoms with Crippen molar-refractivity contribution in [1.29, 1.82) is 0 Å². The number of aliphatic carboxylic acids is 1. The van der Waals surface area contributed by atoms with Gasteiger partial charge in [-0.3, -0.25) is 4.79 Å². The lowest BCUT2D eigenvalue weighted by Gasteiger charge is -2.26. The second-order valence-electron chi connectivity index (χ2n) is 4.82. The summed E-state index contributed by atoms with van der Waals surface area (Å²) in [5.74, 6) is 0.625. The molecule has 3 rings (SSSR count). The Hall–Kier alpha value is -2.57. The third kappa shape index (κ3) is 3.31. The molecule has 1 aliphatic heterocycles. The molecule has 0 spiro atoms. The third-order valence-corrected chi connectivity index (χ3v) is 3.14. The first kappa shape index (κ1) is 13.4. The normalized spacial score (nSPS) is 16.7. The predicted octanol–water partition coefficient (Wildman–Crippen LogP) is 1.14. The van der Waals surface area contributed by atoms with Gasteiger partial charge < -0.3 is 14.6 Å². The summed E-state index contributed by atoms with van der Waals surface area (Å²) in [5, 5.41) is 16.6. The molecule has 0 bridgehead atoms. The number of para-hydroxylation sites is 2. The van der Waals surface area contributed by atoms with E-state index in [0.29, 0.717) is 25.3 Å². The van der Waals surface area contributed by atoms with E-state index >= 15 is 0 Å². The van der Waals surface area contributed by atoms with Crippen molar-refractivity contribution in [2.24, 2.45) is 0 Å². The van der Waals surface area contributed by atoms with Crippen LogP contribution in [0.3, 0.4) is 0 Å². The molecule has 1 aromatic heterocycles. The summed E-state index contributed by atoms with van der Waals surface area (Å²) in [4.78, 5) is 10.5. The van der Waals surface area contributed by atoms with Crippen molar-refractivity contribution in [1.82, 2.24) is 15.0 Å². The predicted molar refractivity (Wildman–Crippen MR) is 72.3 cm³/mol. The highest BCUT2D eigenvalue weighted by Gasteiger charge is 2.21. The summed E-state index contributed by atoms with van der Waals surface area (Å²) in [6.45, 7) is 0.954. The van der Waals surface area contributed by atoms with E-state index in [-0.39, 0.29) is 12.5 Å². The van der Waals surface area contributed by atoms with Crippen LogP contribution < -0.4 is 9.47 Å². The number of rotatable bonds is 5. The Kier molecular flexibility index (Phi) is 3.72. The monoisotopic (exact) mass is 289 g/mol. The number of nitrogens with zero attached hydrogens (tertiary/aromatic N) is 3. The summed E-state index contributed by atoms with van der Waals surface area (Å²) >= 11 is 0. The van der Waals surface area contributed by atoms with Gasteiger partial charge in [0.15, 0.2) is 17.6 Å². The molecule has 1 aliphatic rings. The van der Waals surface area contributed by atoms with Crippen molar-refractivity contribution < 1.29 is 19.4 Å². The zero-order valence-electron chi connectivity index (χ0n) is 11.3. The number of carboxylic acid groups (broad SMARTS) is 1. The van der Waals surface area contributed by atoms with E-state index < -0.39 is 5.97 Å². The van der Waals surface area contributed by atoms with Gasteiger partial charge in [-0.2, -0.15) is 0 Å². The highest BCUT2D eigenvalue weighted by molar-refractivity contribution is 5.66. The van der Waals surface area contributed by atoms with Crippen LogP contribution in [-0.2, 0) is 17.8 Å². The van der Waals surface area contributed by atoms with Gasteiger partial charge in [-0.05, 0) is 12.1 Å². The molecule has 1 aromatic carbocycles. The number of hydrogen-bond donors (Lipinski definition) is 1. The van der Waals surface area contributed by atoms with Gasteiger partial charge in [0.05, 0.1) is 18.7 Å². The Bertz CT molecular complexity index is 641. The Balaban J connectivity index is 1.59. The van der Waals surface area contributed by atoms with E-state index in [4.69, 9.17) is 14.6 Å². The molecule has 1 unspecified atom stereocenters. The summed E-state index contributed by atoms with van der Waals surface area (Å²) in [6.07, 6.45) is 2.02. The zero-order valence-corrected chi connectivity index (χ0v) is 11.3. The molecule has 7 heteroatoms. The van der Waals surface area contributed by atoms with Gasteiger partial charge in [-0.25, -0.2) is 4.68 Å². The molecule has 110 valence electrons. The molecule has 0 radical (unpaired) electrons. The summed E-state index contributed by atoms with van der Waals surface area (Å²) < 4.78 is 13.1. The quantitative estimate of drug-likeness (QED) is 0.888. The topological polar surface area (TPSA) is 86.5 Å². The van der Waals surface area contributed by atoms with Crippen molar-refractivity contribution in [3.05, 3.63) is 36.2 Å². The minimum atomic E-state index is -0.842. The van der Waals surface area contributed by atoms with E-state index in [9.17, 15) is 4.79 Å². The van der Waals surface area contributed by atoms with Gasteiger partial charge in [0, 0.05) is 12.6 Å². The molecule has 0 saturated carbocycles. The SMILES string of the molecule is O=C(O)CCc1cn(CC2COc3ccccc3O2)nn1. The highest BCUT2D eigenvalue weighted by atomic mass is 16.6. The second kappa shape index (κ2) is 5.82. The first-order chi connectivity index (χ1) is 10.2. The van der Waals surface area contributed by atoms with Gasteiger partial charge >= 0.3 is 5.97 Å². The van der Waals surface area contributed by atoms with Crippen molar-refractivity contribution in [3.63, 3.8) is 0 Å². The number of carboxylic acids is 1. The molecule has 2 heterocycles. The van der Waals surface area contributed by atoms with Crippen molar-refractivity contribution in [3.8, 4) is 11.5 Å². The maximum absolute atomic E-state index is 10.5. The molecular weight excluding hydrogens is 274 g/mol. The van der Waals surface area contributed by atoms with E-state index in [1.807, 2.05) is 24.3 Å². The summed E-state index contributed by atoms with van der Waals surface area (Å²) in [6, 6.07) is 7.52. The van der Waals surface area contributed by atoms with E-state index in [2.05, 4.69) is 10.3 Å². The Morgan fingerprint density at radius 1 is 1.38 bits per heavy atom. The molecule has 0 fully saturated rings. The van der Waals surface area contributed by atoms with E-state index in [1.54, 1.807) is 10.9 Å². The number of hydrogen-bond acceptors (Lipinski definition) is 5. The Morgan fingerprint density at radius 3 is 3.00 bits per heavy atom. The average Bonchev–Trinajstić information content (AvgIpc) is 2.92. The van der Waals surface area contributed by atoms with Gasteiger partial charge in [0.25, 0.3) is 0 Å². The van der Waals surface area contributed by atoms with Crippen LogP contribution in [0.5, 0.6) is 11.5 Å². The van der Waals surface area contributed by atoms with Crippen LogP contribution in [-0.4, -0.2) is 38.8 Å². The lowest BCUT2D eigenvalue weighted by atomic mass is 10.2. The van der Waals surface area contributed by atoms with Crippen LogP contribution in [0, 0.1) is 0 Å². The van der Waals surface area contributed by atoms with Crippen LogP contribution in [0.1, 0.15) is 12.1 Å². The summed E-state index contributed by atoms with van der Waals surface area (Å²) in [7, 11) is 0. The van der Waals surface area contributed by atoms with Gasteiger partial charge in [-0.15, -0.1) is 5.10 Å². The number of fused-ring (bicyclic) bond motifs is 1. The van der Waals surface area contributed by atoms with Crippen LogP contribution >= 0.6 is 0 Å². The fourth-order valence-electron chi connectivity index (χ4n) is 2.14. The van der Waals surface area contributed by atoms with Crippen molar-refractivity contribution >= 4 is 5.97 Å². The molecule has 7 nitrogen and oxygen atoms in total. The van der Waals surface area contributed by atoms with Gasteiger partial charge in [-0.1, -0.05) is 17.3 Å². The first-order valence-corrected chi connectivity index (χ1v) is 6.70. The maximum Gasteiger partial charge on any atom is 0.303 e. The van der Waals surface area contributed by atoms with Crippen LogP contribution in [0.25, 0.3) is 0 Å². The molecule has 1 N–H and O–H groups in total. The zero-order chi connectivity index (χ0) is 14.7. The third-order valence-electron chi connectivity index (χ3n) is 3.14. The molecular formula is C14H15N3O4. The van der Waals surface area contributed by atoms with Crippen molar-refractivity contribution in [2.45, 2.75) is 25.5 Å². The fourth-order valence-corrected chi connectivity index (χ4v) is 2.14. The lowest BCUT2D eigenvalue weighted by molar-refractivity contribution is -0.136. The largest absolute Gasteiger partial charge is 0.486 e. The van der Waals surface area contributed by atoms with Crippen molar-refractivity contribution in [2.75, 3.05) is 6.61 Å². The highest BCUT2D eigenvalue weighted by Crippen LogP contribution is 2.31. The number of benzene rings is 1. The fraction of sp³-hybridized carbons (Fsp3) is 0.357. The number of carbonyl (C=O) groups is 1. The number of ether oxygens (including phenoxy) is 2. The summed E-state index contributed by atoms with van der Waals surface area (Å²) in [5.41, 5.74) is 0.662. The molecule has 0 aliphatic carbocycles. The van der Waals surface area contributed by atoms with Gasteiger partial charge in [0.2, 0.25) is 0 Å². The average molecular weight is 289 g/mol.